The predicted octanol–water partition coefficient (Wildman–Crippen LogP) is 1.37. The molecule has 1 atom stereocenters. The molecule has 0 spiro atoms. The van der Waals surface area contributed by atoms with Crippen LogP contribution in [0.3, 0.4) is 0 Å². The third-order valence-electron chi connectivity index (χ3n) is 3.00. The highest BCUT2D eigenvalue weighted by Gasteiger charge is 2.30. The van der Waals surface area contributed by atoms with Crippen molar-refractivity contribution in [3.05, 3.63) is 18.3 Å². The molecule has 0 radical (unpaired) electrons. The number of alkyl halides is 3. The van der Waals surface area contributed by atoms with Gasteiger partial charge in [-0.25, -0.2) is 9.78 Å². The fourth-order valence-corrected chi connectivity index (χ4v) is 1.93. The van der Waals surface area contributed by atoms with Crippen molar-refractivity contribution in [1.29, 1.82) is 0 Å². The summed E-state index contributed by atoms with van der Waals surface area (Å²) in [5.74, 6) is -0.580. The number of halogens is 3. The smallest absolute Gasteiger partial charge is 0.422 e. The van der Waals surface area contributed by atoms with Crippen LogP contribution in [-0.2, 0) is 4.79 Å². The van der Waals surface area contributed by atoms with Crippen molar-refractivity contribution in [3.8, 4) is 5.88 Å². The van der Waals surface area contributed by atoms with E-state index in [1.165, 1.54) is 18.3 Å². The van der Waals surface area contributed by atoms with Gasteiger partial charge in [0.2, 0.25) is 5.88 Å². The molecule has 0 bridgehead atoms. The quantitative estimate of drug-likeness (QED) is 0.851. The fourth-order valence-electron chi connectivity index (χ4n) is 1.93. The Morgan fingerprint density at radius 2 is 2.26 bits per heavy atom. The van der Waals surface area contributed by atoms with Gasteiger partial charge in [0.05, 0.1) is 11.9 Å². The summed E-state index contributed by atoms with van der Waals surface area (Å²) in [6, 6.07) is 1.56. The van der Waals surface area contributed by atoms with Gasteiger partial charge in [0, 0.05) is 19.2 Å². The van der Waals surface area contributed by atoms with E-state index in [1.807, 2.05) is 0 Å². The Balaban J connectivity index is 1.90. The number of carbonyl (C=O) groups excluding carboxylic acids is 2. The van der Waals surface area contributed by atoms with Crippen molar-refractivity contribution in [3.63, 3.8) is 0 Å². The predicted molar refractivity (Wildman–Crippen MR) is 74.0 cm³/mol. The van der Waals surface area contributed by atoms with Crippen molar-refractivity contribution in [1.82, 2.24) is 15.2 Å². The standard InChI is InChI=1S/C13H15F3N4O3/c1-8(11(21)20-5-4-17-12(20)22)19-9-2-3-10(18-6-9)23-7-13(14,15)16/h2-3,6,8,19H,4-5,7H2,1H3,(H,17,22). The van der Waals surface area contributed by atoms with E-state index in [0.29, 0.717) is 18.8 Å². The molecule has 1 saturated heterocycles. The zero-order chi connectivity index (χ0) is 17.0. The van der Waals surface area contributed by atoms with Crippen LogP contribution in [-0.4, -0.2) is 53.7 Å². The average Bonchev–Trinajstić information content (AvgIpc) is 2.91. The Labute approximate surface area is 129 Å². The van der Waals surface area contributed by atoms with Gasteiger partial charge in [0.15, 0.2) is 6.61 Å². The van der Waals surface area contributed by atoms with E-state index < -0.39 is 30.8 Å². The van der Waals surface area contributed by atoms with Crippen LogP contribution >= 0.6 is 0 Å². The van der Waals surface area contributed by atoms with Crippen LogP contribution in [0.4, 0.5) is 23.7 Å². The summed E-state index contributed by atoms with van der Waals surface area (Å²) in [7, 11) is 0. The number of aromatic nitrogens is 1. The van der Waals surface area contributed by atoms with E-state index in [1.54, 1.807) is 6.92 Å². The summed E-state index contributed by atoms with van der Waals surface area (Å²) in [5.41, 5.74) is 0.421. The molecule has 1 aliphatic rings. The van der Waals surface area contributed by atoms with Crippen molar-refractivity contribution in [2.24, 2.45) is 0 Å². The zero-order valence-electron chi connectivity index (χ0n) is 12.2. The first kappa shape index (κ1) is 16.8. The number of hydrogen-bond donors (Lipinski definition) is 2. The van der Waals surface area contributed by atoms with E-state index in [2.05, 4.69) is 20.4 Å². The van der Waals surface area contributed by atoms with Crippen LogP contribution < -0.4 is 15.4 Å². The maximum Gasteiger partial charge on any atom is 0.422 e. The highest BCUT2D eigenvalue weighted by atomic mass is 19.4. The number of imide groups is 1. The molecule has 3 amide bonds. The Morgan fingerprint density at radius 3 is 2.78 bits per heavy atom. The molecule has 1 fully saturated rings. The molecule has 2 rings (SSSR count). The molecular formula is C13H15F3N4O3. The second kappa shape index (κ2) is 6.71. The highest BCUT2D eigenvalue weighted by molar-refractivity contribution is 5.99. The molecule has 0 aliphatic carbocycles. The number of carbonyl (C=O) groups is 2. The molecule has 126 valence electrons. The van der Waals surface area contributed by atoms with Gasteiger partial charge in [-0.05, 0) is 13.0 Å². The zero-order valence-corrected chi connectivity index (χ0v) is 12.2. The van der Waals surface area contributed by atoms with E-state index in [-0.39, 0.29) is 5.88 Å². The Bertz CT molecular complexity index is 577. The molecule has 1 aromatic heterocycles. The Hall–Kier alpha value is -2.52. The minimum Gasteiger partial charge on any atom is -0.468 e. The first-order valence-electron chi connectivity index (χ1n) is 6.77. The number of nitrogens with zero attached hydrogens (tertiary/aromatic N) is 2. The molecule has 1 unspecified atom stereocenters. The van der Waals surface area contributed by atoms with Gasteiger partial charge in [-0.1, -0.05) is 0 Å². The molecule has 0 saturated carbocycles. The third-order valence-corrected chi connectivity index (χ3v) is 3.00. The molecule has 1 aromatic rings. The van der Waals surface area contributed by atoms with Crippen molar-refractivity contribution < 1.29 is 27.5 Å². The summed E-state index contributed by atoms with van der Waals surface area (Å²) in [6.45, 7) is 0.851. The summed E-state index contributed by atoms with van der Waals surface area (Å²) in [4.78, 5) is 28.3. The maximum atomic E-state index is 12.1. The maximum absolute atomic E-state index is 12.1. The third kappa shape index (κ3) is 4.73. The van der Waals surface area contributed by atoms with Crippen molar-refractivity contribution in [2.75, 3.05) is 25.0 Å². The van der Waals surface area contributed by atoms with Gasteiger partial charge < -0.3 is 15.4 Å². The lowest BCUT2D eigenvalue weighted by atomic mass is 10.2. The minimum absolute atomic E-state index is 0.175. The highest BCUT2D eigenvalue weighted by Crippen LogP contribution is 2.18. The molecule has 10 heteroatoms. The van der Waals surface area contributed by atoms with E-state index in [0.717, 1.165) is 4.90 Å². The number of rotatable bonds is 5. The van der Waals surface area contributed by atoms with Crippen LogP contribution in [0.15, 0.2) is 18.3 Å². The molecule has 7 nitrogen and oxygen atoms in total. The van der Waals surface area contributed by atoms with Crippen LogP contribution in [0, 0.1) is 0 Å². The van der Waals surface area contributed by atoms with Crippen LogP contribution in [0.2, 0.25) is 0 Å². The molecular weight excluding hydrogens is 317 g/mol. The SMILES string of the molecule is CC(Nc1ccc(OCC(F)(F)F)nc1)C(=O)N1CCNC1=O. The first-order valence-corrected chi connectivity index (χ1v) is 6.77. The summed E-state index contributed by atoms with van der Waals surface area (Å²) in [6.07, 6.45) is -3.19. The van der Waals surface area contributed by atoms with Gasteiger partial charge in [0.25, 0.3) is 5.91 Å². The molecule has 2 N–H and O–H groups in total. The molecule has 0 aromatic carbocycles. The van der Waals surface area contributed by atoms with Crippen LogP contribution in [0.5, 0.6) is 5.88 Å². The monoisotopic (exact) mass is 332 g/mol. The minimum atomic E-state index is -4.43. The first-order chi connectivity index (χ1) is 10.8. The number of urea groups is 1. The van der Waals surface area contributed by atoms with Gasteiger partial charge in [-0.3, -0.25) is 9.69 Å². The molecule has 23 heavy (non-hydrogen) atoms. The Kier molecular flexibility index (Phi) is 4.92. The Morgan fingerprint density at radius 1 is 1.52 bits per heavy atom. The fraction of sp³-hybridized carbons (Fsp3) is 0.462. The number of ether oxygens (including phenoxy) is 1. The van der Waals surface area contributed by atoms with Crippen LogP contribution in [0.1, 0.15) is 6.92 Å². The second-order valence-corrected chi connectivity index (χ2v) is 4.88. The van der Waals surface area contributed by atoms with Gasteiger partial charge in [0.1, 0.15) is 6.04 Å². The molecule has 2 heterocycles. The second-order valence-electron chi connectivity index (χ2n) is 4.88. The van der Waals surface area contributed by atoms with Gasteiger partial charge in [-0.15, -0.1) is 0 Å². The van der Waals surface area contributed by atoms with E-state index >= 15 is 0 Å². The lowest BCUT2D eigenvalue weighted by Crippen LogP contribution is -2.43. The summed E-state index contributed by atoms with van der Waals surface area (Å²) in [5, 5.41) is 5.35. The largest absolute Gasteiger partial charge is 0.468 e. The van der Waals surface area contributed by atoms with Crippen molar-refractivity contribution >= 4 is 17.6 Å². The number of pyridine rings is 1. The number of nitrogens with one attached hydrogen (secondary N) is 2. The topological polar surface area (TPSA) is 83.6 Å². The average molecular weight is 332 g/mol. The molecule has 1 aliphatic heterocycles. The van der Waals surface area contributed by atoms with E-state index in [4.69, 9.17) is 0 Å². The number of anilines is 1. The summed E-state index contributed by atoms with van der Waals surface area (Å²) >= 11 is 0. The number of amides is 3. The van der Waals surface area contributed by atoms with Gasteiger partial charge >= 0.3 is 12.2 Å². The lowest BCUT2D eigenvalue weighted by molar-refractivity contribution is -0.154. The number of hydrogen-bond acceptors (Lipinski definition) is 5. The van der Waals surface area contributed by atoms with Gasteiger partial charge in [-0.2, -0.15) is 13.2 Å². The lowest BCUT2D eigenvalue weighted by Gasteiger charge is -2.19. The van der Waals surface area contributed by atoms with Crippen molar-refractivity contribution in [2.45, 2.75) is 19.1 Å². The summed E-state index contributed by atoms with van der Waals surface area (Å²) < 4.78 is 40.5. The van der Waals surface area contributed by atoms with E-state index in [9.17, 15) is 22.8 Å². The van der Waals surface area contributed by atoms with Crippen LogP contribution in [0.25, 0.3) is 0 Å². The normalized spacial score (nSPS) is 16.0.